The number of hydrogen-bond donors (Lipinski definition) is 3. The van der Waals surface area contributed by atoms with Crippen LogP contribution in [0.2, 0.25) is 0 Å². The zero-order chi connectivity index (χ0) is 22.1. The molecular weight excluding hydrogens is 392 g/mol. The maximum atomic E-state index is 13.0. The van der Waals surface area contributed by atoms with Gasteiger partial charge in [0, 0.05) is 12.1 Å². The van der Waals surface area contributed by atoms with E-state index >= 15 is 0 Å². The number of aliphatic hydroxyl groups is 1. The van der Waals surface area contributed by atoms with Gasteiger partial charge < -0.3 is 20.5 Å². The van der Waals surface area contributed by atoms with Gasteiger partial charge in [-0.25, -0.2) is 4.79 Å². The summed E-state index contributed by atoms with van der Waals surface area (Å²) in [5.41, 5.74) is 2.37. The van der Waals surface area contributed by atoms with Crippen LogP contribution in [0, 0.1) is 0 Å². The molecule has 0 heterocycles. The van der Waals surface area contributed by atoms with Crippen molar-refractivity contribution in [1.29, 1.82) is 0 Å². The standard InChI is InChI=1S/C25H26N2O4/c1-31-25(30)21(17-18-11-5-2-6-12-18)27-24(29)23(28)22(19-13-7-3-8-14-19)26-20-15-9-4-10-16-20/h2-16,21-23,26,28H,17H2,1H3,(H,27,29)/t21-,22+,23-/m0/s1. The number of para-hydroxylation sites is 1. The van der Waals surface area contributed by atoms with Gasteiger partial charge >= 0.3 is 5.97 Å². The Balaban J connectivity index is 1.79. The first kappa shape index (κ1) is 22.1. The molecular formula is C25H26N2O4. The first-order valence-electron chi connectivity index (χ1n) is 10.0. The van der Waals surface area contributed by atoms with Crippen LogP contribution in [0.3, 0.4) is 0 Å². The van der Waals surface area contributed by atoms with E-state index in [9.17, 15) is 14.7 Å². The van der Waals surface area contributed by atoms with Gasteiger partial charge in [-0.05, 0) is 23.3 Å². The zero-order valence-corrected chi connectivity index (χ0v) is 17.3. The summed E-state index contributed by atoms with van der Waals surface area (Å²) in [7, 11) is 1.27. The Kier molecular flexibility index (Phi) is 7.79. The van der Waals surface area contributed by atoms with Crippen molar-refractivity contribution >= 4 is 17.6 Å². The van der Waals surface area contributed by atoms with E-state index in [-0.39, 0.29) is 6.42 Å². The van der Waals surface area contributed by atoms with Crippen molar-refractivity contribution in [2.75, 3.05) is 12.4 Å². The molecule has 0 spiro atoms. The molecule has 3 rings (SSSR count). The van der Waals surface area contributed by atoms with Gasteiger partial charge in [-0.1, -0.05) is 78.9 Å². The molecule has 0 unspecified atom stereocenters. The molecule has 0 saturated heterocycles. The fourth-order valence-corrected chi connectivity index (χ4v) is 3.31. The first-order chi connectivity index (χ1) is 15.1. The molecule has 6 nitrogen and oxygen atoms in total. The van der Waals surface area contributed by atoms with Crippen molar-refractivity contribution in [3.8, 4) is 0 Å². The molecule has 0 aromatic heterocycles. The SMILES string of the molecule is COC(=O)[C@H](Cc1ccccc1)NC(=O)[C@@H](O)[C@H](Nc1ccccc1)c1ccccc1. The number of benzene rings is 3. The molecule has 0 saturated carbocycles. The molecule has 0 fully saturated rings. The van der Waals surface area contributed by atoms with Crippen LogP contribution in [0.5, 0.6) is 0 Å². The van der Waals surface area contributed by atoms with Crippen molar-refractivity contribution in [3.63, 3.8) is 0 Å². The minimum absolute atomic E-state index is 0.258. The molecule has 3 atom stereocenters. The summed E-state index contributed by atoms with van der Waals surface area (Å²) in [6, 6.07) is 26.2. The first-order valence-corrected chi connectivity index (χ1v) is 10.0. The summed E-state index contributed by atoms with van der Waals surface area (Å²) >= 11 is 0. The van der Waals surface area contributed by atoms with Crippen LogP contribution in [-0.2, 0) is 20.7 Å². The lowest BCUT2D eigenvalue weighted by molar-refractivity contribution is -0.146. The number of ether oxygens (including phenoxy) is 1. The number of carbonyl (C=O) groups excluding carboxylic acids is 2. The smallest absolute Gasteiger partial charge is 0.328 e. The quantitative estimate of drug-likeness (QED) is 0.465. The summed E-state index contributed by atoms with van der Waals surface area (Å²) in [6.45, 7) is 0. The Labute approximate surface area is 181 Å². The lowest BCUT2D eigenvalue weighted by Gasteiger charge is -2.26. The van der Waals surface area contributed by atoms with Crippen LogP contribution in [0.15, 0.2) is 91.0 Å². The van der Waals surface area contributed by atoms with Gasteiger partial charge in [-0.2, -0.15) is 0 Å². The maximum Gasteiger partial charge on any atom is 0.328 e. The van der Waals surface area contributed by atoms with Crippen molar-refractivity contribution in [2.45, 2.75) is 24.6 Å². The van der Waals surface area contributed by atoms with Crippen molar-refractivity contribution in [1.82, 2.24) is 5.32 Å². The van der Waals surface area contributed by atoms with Crippen LogP contribution in [-0.4, -0.2) is 36.2 Å². The number of rotatable bonds is 9. The second kappa shape index (κ2) is 10.9. The highest BCUT2D eigenvalue weighted by Gasteiger charge is 2.31. The highest BCUT2D eigenvalue weighted by atomic mass is 16.5. The number of methoxy groups -OCH3 is 1. The fraction of sp³-hybridized carbons (Fsp3) is 0.200. The number of esters is 1. The summed E-state index contributed by atoms with van der Waals surface area (Å²) in [5, 5.41) is 16.8. The average molecular weight is 418 g/mol. The van der Waals surface area contributed by atoms with Crippen molar-refractivity contribution in [2.24, 2.45) is 0 Å². The van der Waals surface area contributed by atoms with Crippen molar-refractivity contribution < 1.29 is 19.4 Å². The highest BCUT2D eigenvalue weighted by Crippen LogP contribution is 2.23. The normalized spacial score (nSPS) is 13.5. The van der Waals surface area contributed by atoms with Crippen LogP contribution in [0.1, 0.15) is 17.2 Å². The molecule has 0 radical (unpaired) electrons. The van der Waals surface area contributed by atoms with E-state index in [0.717, 1.165) is 16.8 Å². The van der Waals surface area contributed by atoms with Gasteiger partial charge in [0.1, 0.15) is 6.04 Å². The Morgan fingerprint density at radius 3 is 2.00 bits per heavy atom. The monoisotopic (exact) mass is 418 g/mol. The molecule has 160 valence electrons. The molecule has 3 aromatic rings. The Bertz CT molecular complexity index is 965. The summed E-state index contributed by atoms with van der Waals surface area (Å²) in [5.74, 6) is -1.24. The number of hydrogen-bond acceptors (Lipinski definition) is 5. The number of nitrogens with one attached hydrogen (secondary N) is 2. The minimum atomic E-state index is -1.44. The van der Waals surface area contributed by atoms with E-state index in [1.54, 1.807) is 0 Å². The average Bonchev–Trinajstić information content (AvgIpc) is 2.83. The second-order valence-electron chi connectivity index (χ2n) is 7.12. The van der Waals surface area contributed by atoms with Gasteiger partial charge in [-0.3, -0.25) is 4.79 Å². The summed E-state index contributed by atoms with van der Waals surface area (Å²) < 4.78 is 4.86. The van der Waals surface area contributed by atoms with E-state index in [1.807, 2.05) is 91.0 Å². The predicted octanol–water partition coefficient (Wildman–Crippen LogP) is 3.10. The molecule has 1 amide bonds. The van der Waals surface area contributed by atoms with E-state index < -0.39 is 30.1 Å². The highest BCUT2D eigenvalue weighted by molar-refractivity contribution is 5.88. The van der Waals surface area contributed by atoms with Crippen LogP contribution < -0.4 is 10.6 Å². The largest absolute Gasteiger partial charge is 0.467 e. The summed E-state index contributed by atoms with van der Waals surface area (Å²) in [4.78, 5) is 25.2. The Morgan fingerprint density at radius 2 is 1.42 bits per heavy atom. The van der Waals surface area contributed by atoms with Crippen LogP contribution in [0.4, 0.5) is 5.69 Å². The van der Waals surface area contributed by atoms with Crippen molar-refractivity contribution in [3.05, 3.63) is 102 Å². The van der Waals surface area contributed by atoms with Gasteiger partial charge in [-0.15, -0.1) is 0 Å². The molecule has 0 aliphatic carbocycles. The molecule has 31 heavy (non-hydrogen) atoms. The maximum absolute atomic E-state index is 13.0. The predicted molar refractivity (Wildman–Crippen MR) is 119 cm³/mol. The molecule has 0 bridgehead atoms. The van der Waals surface area contributed by atoms with Gasteiger partial charge in [0.25, 0.3) is 5.91 Å². The third kappa shape index (κ3) is 6.17. The summed E-state index contributed by atoms with van der Waals surface area (Å²) in [6.07, 6.45) is -1.18. The third-order valence-electron chi connectivity index (χ3n) is 4.92. The van der Waals surface area contributed by atoms with Crippen LogP contribution in [0.25, 0.3) is 0 Å². The van der Waals surface area contributed by atoms with Gasteiger partial charge in [0.2, 0.25) is 0 Å². The Hall–Kier alpha value is -3.64. The number of anilines is 1. The molecule has 0 aliphatic heterocycles. The fourth-order valence-electron chi connectivity index (χ4n) is 3.31. The van der Waals surface area contributed by atoms with Gasteiger partial charge in [0.15, 0.2) is 6.10 Å². The minimum Gasteiger partial charge on any atom is -0.467 e. The zero-order valence-electron chi connectivity index (χ0n) is 17.3. The molecule has 0 aliphatic rings. The topological polar surface area (TPSA) is 87.7 Å². The van der Waals surface area contributed by atoms with Crippen LogP contribution >= 0.6 is 0 Å². The van der Waals surface area contributed by atoms with Gasteiger partial charge in [0.05, 0.1) is 13.2 Å². The molecule has 3 N–H and O–H groups in total. The number of amides is 1. The third-order valence-corrected chi connectivity index (χ3v) is 4.92. The molecule has 3 aromatic carbocycles. The van der Waals surface area contributed by atoms with E-state index in [1.165, 1.54) is 7.11 Å². The lowest BCUT2D eigenvalue weighted by Crippen LogP contribution is -2.49. The molecule has 6 heteroatoms. The second-order valence-corrected chi connectivity index (χ2v) is 7.12. The number of carbonyl (C=O) groups is 2. The number of aliphatic hydroxyl groups excluding tert-OH is 1. The lowest BCUT2D eigenvalue weighted by atomic mass is 9.99. The van der Waals surface area contributed by atoms with E-state index in [2.05, 4.69) is 10.6 Å². The van der Waals surface area contributed by atoms with E-state index in [0.29, 0.717) is 0 Å². The Morgan fingerprint density at radius 1 is 0.871 bits per heavy atom. The van der Waals surface area contributed by atoms with E-state index in [4.69, 9.17) is 4.74 Å².